The van der Waals surface area contributed by atoms with Gasteiger partial charge in [0.25, 0.3) is 0 Å². The van der Waals surface area contributed by atoms with E-state index < -0.39 is 0 Å². The summed E-state index contributed by atoms with van der Waals surface area (Å²) in [6.07, 6.45) is 0.591. The molecule has 0 aliphatic carbocycles. The van der Waals surface area contributed by atoms with Crippen molar-refractivity contribution in [3.05, 3.63) is 11.1 Å². The molecule has 15 heavy (non-hydrogen) atoms. The van der Waals surface area contributed by atoms with Crippen LogP contribution >= 0.6 is 11.3 Å². The van der Waals surface area contributed by atoms with Crippen LogP contribution in [0.1, 0.15) is 5.69 Å². The Morgan fingerprint density at radius 2 is 2.67 bits per heavy atom. The van der Waals surface area contributed by atoms with E-state index in [2.05, 4.69) is 15.5 Å². The molecule has 0 amide bonds. The molecule has 0 saturated carbocycles. The fraction of sp³-hybridized carbons (Fsp3) is 0.375. The fourth-order valence-electron chi connectivity index (χ4n) is 0.797. The molecule has 0 aliphatic heterocycles. The molecule has 0 bridgehead atoms. The van der Waals surface area contributed by atoms with Gasteiger partial charge in [0.15, 0.2) is 17.1 Å². The van der Waals surface area contributed by atoms with E-state index in [0.717, 1.165) is 0 Å². The molecule has 0 unspecified atom stereocenters. The second-order valence-corrected chi connectivity index (χ2v) is 3.49. The van der Waals surface area contributed by atoms with Gasteiger partial charge in [-0.25, -0.2) is 4.98 Å². The minimum absolute atomic E-state index is 0.152. The van der Waals surface area contributed by atoms with Gasteiger partial charge >= 0.3 is 0 Å². The third-order valence-electron chi connectivity index (χ3n) is 1.50. The molecule has 1 aromatic heterocycles. The maximum Gasteiger partial charge on any atom is 0.180 e. The maximum atomic E-state index is 10.7. The van der Waals surface area contributed by atoms with Crippen molar-refractivity contribution in [3.8, 4) is 0 Å². The van der Waals surface area contributed by atoms with Gasteiger partial charge < -0.3 is 15.9 Å². The van der Waals surface area contributed by atoms with Crippen LogP contribution < -0.4 is 11.1 Å². The third kappa shape index (κ3) is 3.64. The Morgan fingerprint density at radius 1 is 1.87 bits per heavy atom. The molecular formula is C8H12N4O2S. The summed E-state index contributed by atoms with van der Waals surface area (Å²) in [7, 11) is 1.80. The van der Waals surface area contributed by atoms with Crippen LogP contribution in [0.15, 0.2) is 10.5 Å². The van der Waals surface area contributed by atoms with Gasteiger partial charge in [0, 0.05) is 11.9 Å². The van der Waals surface area contributed by atoms with Crippen molar-refractivity contribution >= 4 is 28.5 Å². The van der Waals surface area contributed by atoms with Crippen LogP contribution in [0.5, 0.6) is 0 Å². The first-order valence-electron chi connectivity index (χ1n) is 4.29. The van der Waals surface area contributed by atoms with Gasteiger partial charge in [0.05, 0.1) is 0 Å². The van der Waals surface area contributed by atoms with Gasteiger partial charge in [-0.3, -0.25) is 4.79 Å². The monoisotopic (exact) mass is 228 g/mol. The first-order chi connectivity index (χ1) is 7.27. The van der Waals surface area contributed by atoms with Crippen LogP contribution in [0.2, 0.25) is 0 Å². The Hall–Kier alpha value is -1.47. The number of aldehydes is 1. The second-order valence-electron chi connectivity index (χ2n) is 2.60. The molecule has 1 aromatic rings. The molecule has 82 valence electrons. The lowest BCUT2D eigenvalue weighted by Crippen LogP contribution is -2.13. The van der Waals surface area contributed by atoms with Crippen molar-refractivity contribution in [3.63, 3.8) is 0 Å². The molecule has 0 atom stereocenters. The summed E-state index contributed by atoms with van der Waals surface area (Å²) < 4.78 is 0. The molecular weight excluding hydrogens is 216 g/mol. The quantitative estimate of drug-likeness (QED) is 0.306. The van der Waals surface area contributed by atoms with E-state index in [1.165, 1.54) is 11.3 Å². The molecule has 0 aromatic carbocycles. The highest BCUT2D eigenvalue weighted by atomic mass is 32.1. The van der Waals surface area contributed by atoms with E-state index in [4.69, 9.17) is 10.6 Å². The number of nitrogens with zero attached hydrogens (tertiary/aromatic N) is 2. The Labute approximate surface area is 91.1 Å². The first-order valence-corrected chi connectivity index (χ1v) is 5.17. The van der Waals surface area contributed by atoms with E-state index in [0.29, 0.717) is 30.3 Å². The number of nitrogens with two attached hydrogens (primary N) is 1. The van der Waals surface area contributed by atoms with Crippen molar-refractivity contribution in [2.24, 2.45) is 5.16 Å². The molecule has 0 fully saturated rings. The number of carbonyl (C=O) groups is 1. The molecule has 0 aliphatic rings. The van der Waals surface area contributed by atoms with Crippen LogP contribution in [0, 0.1) is 0 Å². The number of oxime groups is 1. The van der Waals surface area contributed by atoms with Gasteiger partial charge in [-0.15, -0.1) is 11.3 Å². The zero-order valence-corrected chi connectivity index (χ0v) is 9.08. The average molecular weight is 228 g/mol. The van der Waals surface area contributed by atoms with E-state index in [-0.39, 0.29) is 5.71 Å². The summed E-state index contributed by atoms with van der Waals surface area (Å²) in [5.74, 6) is 0. The maximum absolute atomic E-state index is 10.7. The highest BCUT2D eigenvalue weighted by Gasteiger charge is 2.07. The van der Waals surface area contributed by atoms with Gasteiger partial charge in [0.1, 0.15) is 12.3 Å². The topological polar surface area (TPSA) is 89.6 Å². The Kier molecular flexibility index (Phi) is 4.72. The Morgan fingerprint density at radius 3 is 3.20 bits per heavy atom. The normalized spacial score (nSPS) is 11.4. The molecule has 0 radical (unpaired) electrons. The summed E-state index contributed by atoms with van der Waals surface area (Å²) in [4.78, 5) is 19.5. The summed E-state index contributed by atoms with van der Waals surface area (Å²) in [5, 5.41) is 8.60. The van der Waals surface area contributed by atoms with Crippen LogP contribution in [0.25, 0.3) is 0 Å². The summed E-state index contributed by atoms with van der Waals surface area (Å²) in [6, 6.07) is 0. The number of aromatic nitrogens is 1. The number of thiazole rings is 1. The van der Waals surface area contributed by atoms with Gasteiger partial charge in [-0.05, 0) is 7.05 Å². The van der Waals surface area contributed by atoms with Crippen LogP contribution in [0.3, 0.4) is 0 Å². The number of rotatable bonds is 6. The van der Waals surface area contributed by atoms with Crippen LogP contribution in [-0.4, -0.2) is 37.2 Å². The summed E-state index contributed by atoms with van der Waals surface area (Å²) in [5.41, 5.74) is 6.03. The number of hydrogen-bond acceptors (Lipinski definition) is 7. The predicted molar refractivity (Wildman–Crippen MR) is 59.0 cm³/mol. The molecule has 0 spiro atoms. The number of likely N-dealkylation sites (N-methyl/N-ethyl adjacent to an activating group) is 1. The van der Waals surface area contributed by atoms with E-state index >= 15 is 0 Å². The largest absolute Gasteiger partial charge is 0.394 e. The fourth-order valence-corrected chi connectivity index (χ4v) is 1.35. The number of hydrogen-bond donors (Lipinski definition) is 2. The zero-order chi connectivity index (χ0) is 11.1. The number of anilines is 1. The highest BCUT2D eigenvalue weighted by Crippen LogP contribution is 2.11. The number of carbonyl (C=O) groups excluding carboxylic acids is 1. The standard InChI is InChI=1S/C8H12N4O2S/c1-10-2-3-14-12-6(4-13)7-5-15-8(9)11-7/h4-5,10H,2-3H2,1H3,(H2,9,11)/b12-6+. The van der Waals surface area contributed by atoms with E-state index in [9.17, 15) is 4.79 Å². The lowest BCUT2D eigenvalue weighted by atomic mass is 10.3. The van der Waals surface area contributed by atoms with E-state index in [1.54, 1.807) is 12.4 Å². The minimum Gasteiger partial charge on any atom is -0.394 e. The summed E-state index contributed by atoms with van der Waals surface area (Å²) in [6.45, 7) is 1.06. The SMILES string of the molecule is CNCCO/N=C(\C=O)c1csc(N)n1. The highest BCUT2D eigenvalue weighted by molar-refractivity contribution is 7.13. The lowest BCUT2D eigenvalue weighted by Gasteiger charge is -1.98. The number of nitrogen functional groups attached to an aromatic ring is 1. The minimum atomic E-state index is 0.152. The predicted octanol–water partition coefficient (Wildman–Crippen LogP) is -0.136. The van der Waals surface area contributed by atoms with Crippen molar-refractivity contribution in [1.29, 1.82) is 0 Å². The zero-order valence-electron chi connectivity index (χ0n) is 8.27. The molecule has 3 N–H and O–H groups in total. The molecule has 0 saturated heterocycles. The molecule has 6 nitrogen and oxygen atoms in total. The van der Waals surface area contributed by atoms with Gasteiger partial charge in [-0.2, -0.15) is 0 Å². The molecule has 7 heteroatoms. The Bertz CT molecular complexity index is 350. The van der Waals surface area contributed by atoms with Crippen molar-refractivity contribution < 1.29 is 9.63 Å². The second kappa shape index (κ2) is 6.10. The molecule has 1 rings (SSSR count). The van der Waals surface area contributed by atoms with Crippen molar-refractivity contribution in [2.45, 2.75) is 0 Å². The average Bonchev–Trinajstić information content (AvgIpc) is 2.65. The lowest BCUT2D eigenvalue weighted by molar-refractivity contribution is -0.102. The first kappa shape index (κ1) is 11.6. The van der Waals surface area contributed by atoms with Gasteiger partial charge in [-0.1, -0.05) is 5.16 Å². The molecule has 1 heterocycles. The van der Waals surface area contributed by atoms with Gasteiger partial charge in [0.2, 0.25) is 0 Å². The summed E-state index contributed by atoms with van der Waals surface area (Å²) >= 11 is 1.25. The van der Waals surface area contributed by atoms with Crippen molar-refractivity contribution in [2.75, 3.05) is 25.9 Å². The van der Waals surface area contributed by atoms with E-state index in [1.807, 2.05) is 0 Å². The smallest absolute Gasteiger partial charge is 0.180 e. The third-order valence-corrected chi connectivity index (χ3v) is 2.18. The van der Waals surface area contributed by atoms with Crippen LogP contribution in [-0.2, 0) is 9.63 Å². The van der Waals surface area contributed by atoms with Crippen molar-refractivity contribution in [1.82, 2.24) is 10.3 Å². The number of nitrogens with one attached hydrogen (secondary N) is 1. The van der Waals surface area contributed by atoms with Crippen LogP contribution in [0.4, 0.5) is 5.13 Å². The Balaban J connectivity index is 2.59.